The smallest absolute Gasteiger partial charge is 0.179 e. The molecule has 0 bridgehead atoms. The molecular formula is C12H20BrNOSi. The van der Waals surface area contributed by atoms with Gasteiger partial charge in [0.1, 0.15) is 0 Å². The Morgan fingerprint density at radius 2 is 2.00 bits per heavy atom. The van der Waals surface area contributed by atoms with Gasteiger partial charge in [0.25, 0.3) is 0 Å². The van der Waals surface area contributed by atoms with Crippen molar-refractivity contribution < 1.29 is 4.43 Å². The number of aromatic nitrogens is 1. The van der Waals surface area contributed by atoms with E-state index in [1.807, 2.05) is 19.1 Å². The van der Waals surface area contributed by atoms with E-state index in [9.17, 15) is 0 Å². The highest BCUT2D eigenvalue weighted by Gasteiger charge is 2.22. The Labute approximate surface area is 108 Å². The maximum absolute atomic E-state index is 5.96. The lowest BCUT2D eigenvalue weighted by atomic mass is 10.3. The Kier molecular flexibility index (Phi) is 4.70. The minimum absolute atomic E-state index is 0.307. The molecule has 0 aromatic carbocycles. The average molecular weight is 302 g/mol. The molecule has 1 unspecified atom stereocenters. The lowest BCUT2D eigenvalue weighted by Crippen LogP contribution is -2.25. The number of nitrogens with zero attached hydrogens (tertiary/aromatic N) is 1. The SMILES string of the molecule is Cc1cc(Br)cc(CO[SiH](C)C(C)(C)C)n1. The molecule has 1 aromatic rings. The van der Waals surface area contributed by atoms with Crippen LogP contribution in [0.2, 0.25) is 11.6 Å². The Hall–Kier alpha value is -0.193. The molecule has 1 heterocycles. The molecule has 2 nitrogen and oxygen atoms in total. The quantitative estimate of drug-likeness (QED) is 0.792. The van der Waals surface area contributed by atoms with Crippen molar-refractivity contribution in [3.05, 3.63) is 28.0 Å². The zero-order chi connectivity index (χ0) is 12.3. The van der Waals surface area contributed by atoms with Gasteiger partial charge in [0.05, 0.1) is 12.3 Å². The molecule has 90 valence electrons. The summed E-state index contributed by atoms with van der Waals surface area (Å²) in [5, 5.41) is 0.307. The summed E-state index contributed by atoms with van der Waals surface area (Å²) in [6, 6.07) is 4.03. The molecule has 1 atom stereocenters. The summed E-state index contributed by atoms with van der Waals surface area (Å²) in [6.07, 6.45) is 0. The summed E-state index contributed by atoms with van der Waals surface area (Å²) in [6.45, 7) is 11.6. The fourth-order valence-electron chi connectivity index (χ4n) is 1.23. The van der Waals surface area contributed by atoms with E-state index in [4.69, 9.17) is 4.43 Å². The molecule has 1 aromatic heterocycles. The predicted octanol–water partition coefficient (Wildman–Crippen LogP) is 3.82. The number of hydrogen-bond acceptors (Lipinski definition) is 2. The largest absolute Gasteiger partial charge is 0.414 e. The number of hydrogen-bond donors (Lipinski definition) is 0. The molecule has 0 saturated heterocycles. The number of aryl methyl sites for hydroxylation is 1. The zero-order valence-electron chi connectivity index (χ0n) is 10.7. The van der Waals surface area contributed by atoms with Crippen LogP contribution in [0.1, 0.15) is 32.2 Å². The summed E-state index contributed by atoms with van der Waals surface area (Å²) < 4.78 is 7.03. The van der Waals surface area contributed by atoms with Gasteiger partial charge in [0.2, 0.25) is 0 Å². The molecule has 0 aliphatic carbocycles. The van der Waals surface area contributed by atoms with E-state index < -0.39 is 9.04 Å². The monoisotopic (exact) mass is 301 g/mol. The standard InChI is InChI=1S/C12H20BrNOSi/c1-9-6-10(13)7-11(14-9)8-15-16(5)12(2,3)4/h6-7,16H,8H2,1-5H3. The van der Waals surface area contributed by atoms with Crippen molar-refractivity contribution in [2.24, 2.45) is 0 Å². The van der Waals surface area contributed by atoms with E-state index in [0.29, 0.717) is 11.6 Å². The third-order valence-electron chi connectivity index (χ3n) is 2.67. The van der Waals surface area contributed by atoms with Gasteiger partial charge in [0, 0.05) is 10.2 Å². The first kappa shape index (κ1) is 13.9. The normalized spacial score (nSPS) is 13.9. The summed E-state index contributed by atoms with van der Waals surface area (Å²) in [5.41, 5.74) is 2.04. The van der Waals surface area contributed by atoms with Gasteiger partial charge in [0.15, 0.2) is 9.04 Å². The second-order valence-electron chi connectivity index (χ2n) is 5.24. The second kappa shape index (κ2) is 5.43. The van der Waals surface area contributed by atoms with Crippen molar-refractivity contribution in [1.29, 1.82) is 0 Å². The van der Waals surface area contributed by atoms with Crippen LogP contribution >= 0.6 is 15.9 Å². The molecule has 0 spiro atoms. The van der Waals surface area contributed by atoms with Gasteiger partial charge >= 0.3 is 0 Å². The predicted molar refractivity (Wildman–Crippen MR) is 74.2 cm³/mol. The van der Waals surface area contributed by atoms with Crippen LogP contribution in [0.4, 0.5) is 0 Å². The highest BCUT2D eigenvalue weighted by molar-refractivity contribution is 9.10. The Morgan fingerprint density at radius 1 is 1.38 bits per heavy atom. The third kappa shape index (κ3) is 4.35. The van der Waals surface area contributed by atoms with Crippen molar-refractivity contribution in [3.63, 3.8) is 0 Å². The van der Waals surface area contributed by atoms with E-state index in [-0.39, 0.29) is 0 Å². The van der Waals surface area contributed by atoms with Gasteiger partial charge < -0.3 is 4.43 Å². The van der Waals surface area contributed by atoms with E-state index >= 15 is 0 Å². The summed E-state index contributed by atoms with van der Waals surface area (Å²) in [7, 11) is -1.15. The molecule has 4 heteroatoms. The first-order valence-electron chi connectivity index (χ1n) is 5.53. The van der Waals surface area contributed by atoms with Crippen LogP contribution in [-0.2, 0) is 11.0 Å². The minimum Gasteiger partial charge on any atom is -0.414 e. The Morgan fingerprint density at radius 3 is 2.50 bits per heavy atom. The van der Waals surface area contributed by atoms with Crippen molar-refractivity contribution in [2.75, 3.05) is 0 Å². The molecule has 16 heavy (non-hydrogen) atoms. The second-order valence-corrected chi connectivity index (χ2v) is 9.50. The highest BCUT2D eigenvalue weighted by Crippen LogP contribution is 2.27. The van der Waals surface area contributed by atoms with Crippen molar-refractivity contribution in [2.45, 2.75) is 45.9 Å². The molecule has 0 radical (unpaired) electrons. The molecule has 0 N–H and O–H groups in total. The van der Waals surface area contributed by atoms with Crippen LogP contribution in [-0.4, -0.2) is 14.0 Å². The van der Waals surface area contributed by atoms with Crippen molar-refractivity contribution in [1.82, 2.24) is 4.98 Å². The van der Waals surface area contributed by atoms with Crippen molar-refractivity contribution in [3.8, 4) is 0 Å². The first-order valence-corrected chi connectivity index (χ1v) is 8.53. The van der Waals surface area contributed by atoms with Gasteiger partial charge in [-0.05, 0) is 30.6 Å². The van der Waals surface area contributed by atoms with Crippen LogP contribution in [0.15, 0.2) is 16.6 Å². The van der Waals surface area contributed by atoms with Gasteiger partial charge in [-0.3, -0.25) is 4.98 Å². The van der Waals surface area contributed by atoms with Crippen LogP contribution in [0.5, 0.6) is 0 Å². The maximum atomic E-state index is 5.96. The highest BCUT2D eigenvalue weighted by atomic mass is 79.9. The summed E-state index contributed by atoms with van der Waals surface area (Å²) in [4.78, 5) is 4.46. The lowest BCUT2D eigenvalue weighted by Gasteiger charge is -2.25. The third-order valence-corrected chi connectivity index (χ3v) is 6.24. The van der Waals surface area contributed by atoms with Crippen LogP contribution < -0.4 is 0 Å². The fraction of sp³-hybridized carbons (Fsp3) is 0.583. The summed E-state index contributed by atoms with van der Waals surface area (Å²) >= 11 is 3.48. The topological polar surface area (TPSA) is 22.1 Å². The van der Waals surface area contributed by atoms with Crippen LogP contribution in [0, 0.1) is 6.92 Å². The van der Waals surface area contributed by atoms with Crippen LogP contribution in [0.25, 0.3) is 0 Å². The van der Waals surface area contributed by atoms with E-state index in [2.05, 4.69) is 48.2 Å². The number of pyridine rings is 1. The van der Waals surface area contributed by atoms with E-state index in [0.717, 1.165) is 15.9 Å². The summed E-state index contributed by atoms with van der Waals surface area (Å²) in [5.74, 6) is 0. The van der Waals surface area contributed by atoms with Crippen LogP contribution in [0.3, 0.4) is 0 Å². The molecule has 0 fully saturated rings. The maximum Gasteiger partial charge on any atom is 0.179 e. The Balaban J connectivity index is 2.61. The molecule has 0 saturated carbocycles. The Bertz CT molecular complexity index is 342. The first-order chi connectivity index (χ1) is 7.29. The lowest BCUT2D eigenvalue weighted by molar-refractivity contribution is 0.289. The van der Waals surface area contributed by atoms with E-state index in [1.54, 1.807) is 0 Å². The van der Waals surface area contributed by atoms with Gasteiger partial charge in [-0.25, -0.2) is 0 Å². The molecule has 0 amide bonds. The van der Waals surface area contributed by atoms with Gasteiger partial charge in [-0.1, -0.05) is 36.7 Å². The molecular weight excluding hydrogens is 282 g/mol. The zero-order valence-corrected chi connectivity index (χ0v) is 13.4. The molecule has 0 aliphatic heterocycles. The fourth-order valence-corrected chi connectivity index (χ4v) is 2.74. The van der Waals surface area contributed by atoms with Crippen molar-refractivity contribution >= 4 is 25.0 Å². The number of rotatable bonds is 3. The average Bonchev–Trinajstić information content (AvgIpc) is 2.11. The molecule has 0 aliphatic rings. The van der Waals surface area contributed by atoms with Gasteiger partial charge in [-0.15, -0.1) is 0 Å². The van der Waals surface area contributed by atoms with E-state index in [1.165, 1.54) is 0 Å². The van der Waals surface area contributed by atoms with Gasteiger partial charge in [-0.2, -0.15) is 0 Å². The number of halogens is 1. The minimum atomic E-state index is -1.15. The molecule has 1 rings (SSSR count).